The van der Waals surface area contributed by atoms with Gasteiger partial charge in [0, 0.05) is 5.02 Å². The van der Waals surface area contributed by atoms with Gasteiger partial charge < -0.3 is 9.84 Å². The molecule has 0 saturated carbocycles. The molecule has 0 bridgehead atoms. The van der Waals surface area contributed by atoms with Crippen LogP contribution < -0.4 is 0 Å². The zero-order valence-electron chi connectivity index (χ0n) is 7.30. The lowest BCUT2D eigenvalue weighted by Crippen LogP contribution is -2.02. The number of methoxy groups -OCH3 is 1. The number of aryl methyl sites for hydroxylation is 1. The predicted octanol–water partition coefficient (Wildman–Crippen LogP) is 2.14. The van der Waals surface area contributed by atoms with Gasteiger partial charge in [0.25, 0.3) is 0 Å². The summed E-state index contributed by atoms with van der Waals surface area (Å²) in [4.78, 5) is 11.1. The van der Waals surface area contributed by atoms with E-state index in [-0.39, 0.29) is 11.3 Å². The molecule has 0 spiro atoms. The van der Waals surface area contributed by atoms with Crippen molar-refractivity contribution in [2.24, 2.45) is 0 Å². The first-order valence-electron chi connectivity index (χ1n) is 3.63. The Balaban J connectivity index is 3.28. The summed E-state index contributed by atoms with van der Waals surface area (Å²) >= 11 is 5.70. The van der Waals surface area contributed by atoms with E-state index < -0.39 is 5.97 Å². The Morgan fingerprint density at radius 3 is 2.69 bits per heavy atom. The topological polar surface area (TPSA) is 46.5 Å². The van der Waals surface area contributed by atoms with Crippen LogP contribution in [0.4, 0.5) is 0 Å². The molecule has 0 atom stereocenters. The second kappa shape index (κ2) is 3.66. The van der Waals surface area contributed by atoms with E-state index >= 15 is 0 Å². The Bertz CT molecular complexity index is 347. The maximum Gasteiger partial charge on any atom is 0.341 e. The minimum atomic E-state index is -0.594. The van der Waals surface area contributed by atoms with E-state index in [0.717, 1.165) is 0 Å². The number of ether oxygens (including phenoxy) is 1. The number of aromatic hydroxyl groups is 1. The van der Waals surface area contributed by atoms with Crippen LogP contribution in [0.1, 0.15) is 15.9 Å². The molecule has 0 aromatic heterocycles. The molecule has 1 aromatic rings. The molecule has 0 radical (unpaired) electrons. The van der Waals surface area contributed by atoms with Crippen LogP contribution >= 0.6 is 11.6 Å². The van der Waals surface area contributed by atoms with Crippen LogP contribution in [-0.4, -0.2) is 18.2 Å². The van der Waals surface area contributed by atoms with Crippen molar-refractivity contribution in [2.45, 2.75) is 6.92 Å². The average Bonchev–Trinajstić information content (AvgIpc) is 2.10. The van der Waals surface area contributed by atoms with Gasteiger partial charge in [-0.15, -0.1) is 0 Å². The second-order valence-electron chi connectivity index (χ2n) is 2.61. The summed E-state index contributed by atoms with van der Waals surface area (Å²) in [5.74, 6) is -0.681. The molecule has 0 saturated heterocycles. The molecule has 1 rings (SSSR count). The molecule has 0 aliphatic heterocycles. The Kier molecular flexibility index (Phi) is 2.78. The van der Waals surface area contributed by atoms with Gasteiger partial charge in [-0.1, -0.05) is 11.6 Å². The highest BCUT2D eigenvalue weighted by atomic mass is 35.5. The number of esters is 1. The number of benzene rings is 1. The van der Waals surface area contributed by atoms with E-state index in [0.29, 0.717) is 10.6 Å². The van der Waals surface area contributed by atoms with Gasteiger partial charge in [0.15, 0.2) is 0 Å². The minimum absolute atomic E-state index is 0.0868. The number of carbonyl (C=O) groups excluding carboxylic acids is 1. The molecule has 3 nitrogen and oxygen atoms in total. The number of hydrogen-bond donors (Lipinski definition) is 1. The molecular formula is C9H9ClO3. The Morgan fingerprint density at radius 2 is 2.15 bits per heavy atom. The highest BCUT2D eigenvalue weighted by Gasteiger charge is 2.13. The summed E-state index contributed by atoms with van der Waals surface area (Å²) in [7, 11) is 1.25. The number of phenols is 1. The van der Waals surface area contributed by atoms with Gasteiger partial charge >= 0.3 is 5.97 Å². The van der Waals surface area contributed by atoms with Gasteiger partial charge in [-0.25, -0.2) is 4.79 Å². The summed E-state index contributed by atoms with van der Waals surface area (Å²) < 4.78 is 4.47. The first kappa shape index (κ1) is 9.86. The summed E-state index contributed by atoms with van der Waals surface area (Å²) in [6.07, 6.45) is 0. The molecule has 0 aliphatic rings. The highest BCUT2D eigenvalue weighted by molar-refractivity contribution is 6.31. The molecular weight excluding hydrogens is 192 g/mol. The third-order valence-corrected chi connectivity index (χ3v) is 1.89. The number of rotatable bonds is 1. The van der Waals surface area contributed by atoms with Crippen molar-refractivity contribution in [2.75, 3.05) is 7.11 Å². The third kappa shape index (κ3) is 1.92. The van der Waals surface area contributed by atoms with Gasteiger partial charge in [0.05, 0.1) is 7.11 Å². The van der Waals surface area contributed by atoms with E-state index in [1.54, 1.807) is 13.0 Å². The number of carbonyl (C=O) groups is 1. The van der Waals surface area contributed by atoms with Crippen LogP contribution in [0.15, 0.2) is 12.1 Å². The standard InChI is InChI=1S/C9H9ClO3/c1-5-3-6(10)4-7(8(5)11)9(12)13-2/h3-4,11H,1-2H3. The van der Waals surface area contributed by atoms with Gasteiger partial charge in [-0.05, 0) is 24.6 Å². The second-order valence-corrected chi connectivity index (χ2v) is 3.05. The van der Waals surface area contributed by atoms with Crippen LogP contribution in [0.2, 0.25) is 5.02 Å². The van der Waals surface area contributed by atoms with E-state index in [2.05, 4.69) is 4.74 Å². The number of halogens is 1. The molecule has 0 heterocycles. The fraction of sp³-hybridized carbons (Fsp3) is 0.222. The number of phenolic OH excluding ortho intramolecular Hbond substituents is 1. The van der Waals surface area contributed by atoms with Crippen LogP contribution in [-0.2, 0) is 4.74 Å². The summed E-state index contributed by atoms with van der Waals surface area (Å²) in [5, 5.41) is 9.86. The summed E-state index contributed by atoms with van der Waals surface area (Å²) in [5.41, 5.74) is 0.639. The maximum absolute atomic E-state index is 11.1. The molecule has 0 amide bonds. The molecule has 0 unspecified atom stereocenters. The van der Waals surface area contributed by atoms with Crippen molar-refractivity contribution in [3.63, 3.8) is 0 Å². The molecule has 1 N–H and O–H groups in total. The SMILES string of the molecule is COC(=O)c1cc(Cl)cc(C)c1O. The molecule has 4 heteroatoms. The number of hydrogen-bond acceptors (Lipinski definition) is 3. The van der Waals surface area contributed by atoms with Crippen LogP contribution in [0, 0.1) is 6.92 Å². The van der Waals surface area contributed by atoms with Gasteiger partial charge in [-0.3, -0.25) is 0 Å². The Labute approximate surface area is 80.9 Å². The van der Waals surface area contributed by atoms with Crippen molar-refractivity contribution in [1.82, 2.24) is 0 Å². The summed E-state index contributed by atoms with van der Waals surface area (Å²) in [6.45, 7) is 1.66. The van der Waals surface area contributed by atoms with E-state index in [1.165, 1.54) is 13.2 Å². The zero-order chi connectivity index (χ0) is 10.0. The van der Waals surface area contributed by atoms with E-state index in [9.17, 15) is 9.90 Å². The third-order valence-electron chi connectivity index (χ3n) is 1.67. The van der Waals surface area contributed by atoms with Crippen molar-refractivity contribution in [3.05, 3.63) is 28.3 Å². The minimum Gasteiger partial charge on any atom is -0.507 e. The van der Waals surface area contributed by atoms with Crippen molar-refractivity contribution in [1.29, 1.82) is 0 Å². The first-order valence-corrected chi connectivity index (χ1v) is 4.01. The highest BCUT2D eigenvalue weighted by Crippen LogP contribution is 2.26. The van der Waals surface area contributed by atoms with Crippen LogP contribution in [0.25, 0.3) is 0 Å². The molecule has 0 aliphatic carbocycles. The lowest BCUT2D eigenvalue weighted by atomic mass is 10.1. The average molecular weight is 201 g/mol. The van der Waals surface area contributed by atoms with Crippen LogP contribution in [0.5, 0.6) is 5.75 Å². The van der Waals surface area contributed by atoms with E-state index in [1.807, 2.05) is 0 Å². The van der Waals surface area contributed by atoms with Gasteiger partial charge in [0.1, 0.15) is 11.3 Å². The maximum atomic E-state index is 11.1. The molecule has 13 heavy (non-hydrogen) atoms. The fourth-order valence-electron chi connectivity index (χ4n) is 1.00. The smallest absolute Gasteiger partial charge is 0.341 e. The van der Waals surface area contributed by atoms with Crippen molar-refractivity contribution < 1.29 is 14.6 Å². The molecule has 1 aromatic carbocycles. The monoisotopic (exact) mass is 200 g/mol. The lowest BCUT2D eigenvalue weighted by molar-refractivity contribution is 0.0597. The van der Waals surface area contributed by atoms with Gasteiger partial charge in [0.2, 0.25) is 0 Å². The lowest BCUT2D eigenvalue weighted by Gasteiger charge is -2.05. The van der Waals surface area contributed by atoms with E-state index in [4.69, 9.17) is 11.6 Å². The molecule has 70 valence electrons. The first-order chi connectivity index (χ1) is 6.06. The van der Waals surface area contributed by atoms with Gasteiger partial charge in [-0.2, -0.15) is 0 Å². The predicted molar refractivity (Wildman–Crippen MR) is 49.2 cm³/mol. The fourth-order valence-corrected chi connectivity index (χ4v) is 1.27. The largest absolute Gasteiger partial charge is 0.507 e. The molecule has 0 fully saturated rings. The van der Waals surface area contributed by atoms with Crippen LogP contribution in [0.3, 0.4) is 0 Å². The zero-order valence-corrected chi connectivity index (χ0v) is 8.05. The van der Waals surface area contributed by atoms with Crippen molar-refractivity contribution in [3.8, 4) is 5.75 Å². The Hall–Kier alpha value is -1.22. The quantitative estimate of drug-likeness (QED) is 0.707. The normalized spacial score (nSPS) is 9.77. The Morgan fingerprint density at radius 1 is 1.54 bits per heavy atom. The summed E-state index contributed by atoms with van der Waals surface area (Å²) in [6, 6.07) is 2.94. The van der Waals surface area contributed by atoms with Crippen molar-refractivity contribution >= 4 is 17.6 Å².